The van der Waals surface area contributed by atoms with Crippen LogP contribution in [0.5, 0.6) is 5.75 Å². The number of carbonyl (C=O) groups excluding carboxylic acids is 2. The molecule has 10 heteroatoms. The van der Waals surface area contributed by atoms with Crippen LogP contribution in [0, 0.1) is 18.1 Å². The number of alkyl halides is 1. The number of amides is 2. The lowest BCUT2D eigenvalue weighted by atomic mass is 10.2. The van der Waals surface area contributed by atoms with E-state index in [-0.39, 0.29) is 11.7 Å². The average Bonchev–Trinajstić information content (AvgIpc) is 3.29. The third-order valence-electron chi connectivity index (χ3n) is 5.81. The lowest BCUT2D eigenvalue weighted by molar-refractivity contribution is 0.1000. The summed E-state index contributed by atoms with van der Waals surface area (Å²) < 4.78 is 6.21. The Morgan fingerprint density at radius 1 is 1.13 bits per heavy atom. The number of benzene rings is 2. The van der Waals surface area contributed by atoms with Crippen molar-refractivity contribution >= 4 is 43.3 Å². The fourth-order valence-electron chi connectivity index (χ4n) is 3.98. The maximum Gasteiger partial charge on any atom is 0.283 e. The van der Waals surface area contributed by atoms with Crippen LogP contribution in [-0.2, 0) is 16.9 Å². The number of rotatable bonds is 7. The summed E-state index contributed by atoms with van der Waals surface area (Å²) in [5, 5.41) is 21.9. The number of hydrogen-bond donors (Lipinski definition) is 3. The van der Waals surface area contributed by atoms with Crippen molar-refractivity contribution < 1.29 is 14.7 Å². The van der Waals surface area contributed by atoms with E-state index in [4.69, 9.17) is 0 Å². The minimum atomic E-state index is -2.88. The molecule has 0 saturated carbocycles. The summed E-state index contributed by atoms with van der Waals surface area (Å²) in [4.78, 5) is 30.6. The van der Waals surface area contributed by atoms with E-state index in [1.54, 1.807) is 73.9 Å². The number of aromatic nitrogens is 3. The molecule has 4 rings (SSSR count). The molecule has 0 atom stereocenters. The Labute approximate surface area is 236 Å². The van der Waals surface area contributed by atoms with E-state index in [0.717, 1.165) is 5.69 Å². The lowest BCUT2D eigenvalue weighted by Gasteiger charge is -2.25. The number of pyridine rings is 1. The molecule has 2 aromatic heterocycles. The Balaban J connectivity index is 1.77. The number of aryl methyl sites for hydroxylation is 2. The van der Waals surface area contributed by atoms with E-state index in [0.29, 0.717) is 44.9 Å². The van der Waals surface area contributed by atoms with Gasteiger partial charge in [0.05, 0.1) is 16.2 Å². The van der Waals surface area contributed by atoms with Crippen LogP contribution in [0.4, 0.5) is 5.69 Å². The van der Waals surface area contributed by atoms with E-state index in [1.807, 2.05) is 13.0 Å². The highest BCUT2D eigenvalue weighted by atomic mass is 79.9. The van der Waals surface area contributed by atoms with Gasteiger partial charge in [0.15, 0.2) is 0 Å². The molecule has 0 bridgehead atoms. The number of carbonyl (C=O) groups is 2. The number of para-hydroxylation sites is 1. The van der Waals surface area contributed by atoms with E-state index in [1.165, 1.54) is 10.9 Å². The lowest BCUT2D eigenvalue weighted by Crippen LogP contribution is -2.18. The SMILES string of the molecule is Cc1cc(C(=O)Nc2cccc(C#C[SH](CCCBr)(=NC(=O)c3cccnc3)c3ccccc3O)c2)n(C)n1. The molecule has 2 aromatic carbocycles. The van der Waals surface area contributed by atoms with Gasteiger partial charge >= 0.3 is 0 Å². The van der Waals surface area contributed by atoms with Crippen molar-refractivity contribution in [3.63, 3.8) is 0 Å². The van der Waals surface area contributed by atoms with Gasteiger partial charge in [-0.3, -0.25) is 19.3 Å². The predicted molar refractivity (Wildman–Crippen MR) is 159 cm³/mol. The normalized spacial score (nSPS) is 11.3. The molecule has 2 N–H and O–H groups in total. The number of nitrogens with zero attached hydrogens (tertiary/aromatic N) is 4. The standard InChI is InChI=1S/C29H28BrN5O3S/c1-21-18-25(35(2)33-21)29(38)32-24-10-5-8-22(19-24)13-17-39(16-7-14-30,27-12-4-3-11-26(27)36)34-28(37)23-9-6-15-31-20-23/h3-6,8-12,15,18-20,36,39H,7,14,16H2,1-2H3,(H,32,38). The van der Waals surface area contributed by atoms with Crippen molar-refractivity contribution in [1.82, 2.24) is 14.8 Å². The van der Waals surface area contributed by atoms with Crippen molar-refractivity contribution in [3.05, 3.63) is 102 Å². The van der Waals surface area contributed by atoms with Crippen LogP contribution < -0.4 is 5.32 Å². The van der Waals surface area contributed by atoms with E-state index < -0.39 is 15.7 Å². The second-order valence-corrected chi connectivity index (χ2v) is 12.4. The minimum Gasteiger partial charge on any atom is -0.507 e. The summed E-state index contributed by atoms with van der Waals surface area (Å²) in [6, 6.07) is 19.1. The molecular formula is C29H28BrN5O3S. The number of halogens is 1. The smallest absolute Gasteiger partial charge is 0.283 e. The van der Waals surface area contributed by atoms with Crippen LogP contribution in [0.25, 0.3) is 0 Å². The number of anilines is 1. The van der Waals surface area contributed by atoms with Gasteiger partial charge in [-0.1, -0.05) is 40.0 Å². The molecule has 8 nitrogen and oxygen atoms in total. The monoisotopic (exact) mass is 605 g/mol. The van der Waals surface area contributed by atoms with Crippen molar-refractivity contribution in [1.29, 1.82) is 0 Å². The van der Waals surface area contributed by atoms with Gasteiger partial charge in [-0.05, 0) is 67.1 Å². The number of phenols is 1. The molecule has 0 aliphatic heterocycles. The zero-order valence-electron chi connectivity index (χ0n) is 21.5. The summed E-state index contributed by atoms with van der Waals surface area (Å²) in [5.74, 6) is 3.01. The second-order valence-electron chi connectivity index (χ2n) is 8.74. The Bertz CT molecular complexity index is 1620. The Morgan fingerprint density at radius 3 is 2.64 bits per heavy atom. The number of phenolic OH excluding ortho intramolecular Hbond substituents is 1. The maximum atomic E-state index is 13.3. The van der Waals surface area contributed by atoms with Crippen LogP contribution in [0.2, 0.25) is 0 Å². The third kappa shape index (κ3) is 6.88. The van der Waals surface area contributed by atoms with E-state index >= 15 is 0 Å². The molecule has 39 heavy (non-hydrogen) atoms. The molecule has 0 radical (unpaired) electrons. The van der Waals surface area contributed by atoms with Crippen LogP contribution >= 0.6 is 15.9 Å². The zero-order valence-corrected chi connectivity index (χ0v) is 24.0. The molecule has 200 valence electrons. The first-order chi connectivity index (χ1) is 18.8. The van der Waals surface area contributed by atoms with Gasteiger partial charge in [-0.2, -0.15) is 9.46 Å². The molecule has 2 heterocycles. The molecular weight excluding hydrogens is 578 g/mol. The average molecular weight is 607 g/mol. The first-order valence-corrected chi connectivity index (χ1v) is 15.2. The molecule has 2 amide bonds. The quantitative estimate of drug-likeness (QED) is 0.153. The van der Waals surface area contributed by atoms with Crippen molar-refractivity contribution in [2.75, 3.05) is 16.4 Å². The first kappa shape index (κ1) is 28.0. The molecule has 0 saturated heterocycles. The number of nitrogens with one attached hydrogen (secondary N) is 1. The minimum absolute atomic E-state index is 0.0462. The number of thiol groups is 1. The van der Waals surface area contributed by atoms with E-state index in [2.05, 4.69) is 46.9 Å². The molecule has 0 unspecified atom stereocenters. The maximum absolute atomic E-state index is 13.3. The van der Waals surface area contributed by atoms with Gasteiger partial charge in [0.1, 0.15) is 11.4 Å². The first-order valence-electron chi connectivity index (χ1n) is 12.2. The van der Waals surface area contributed by atoms with Gasteiger partial charge in [0, 0.05) is 41.8 Å². The third-order valence-corrected chi connectivity index (χ3v) is 9.51. The van der Waals surface area contributed by atoms with Crippen molar-refractivity contribution in [2.45, 2.75) is 18.2 Å². The van der Waals surface area contributed by atoms with Crippen LogP contribution in [-0.4, -0.2) is 42.8 Å². The summed E-state index contributed by atoms with van der Waals surface area (Å²) in [7, 11) is -1.16. The highest BCUT2D eigenvalue weighted by molar-refractivity contribution is 9.09. The number of hydrogen-bond acceptors (Lipinski definition) is 5. The second kappa shape index (κ2) is 12.7. The molecule has 4 aromatic rings. The van der Waals surface area contributed by atoms with Crippen LogP contribution in [0.15, 0.2) is 88.4 Å². The Hall–Kier alpha value is -4.07. The van der Waals surface area contributed by atoms with Crippen molar-refractivity contribution in [3.8, 4) is 16.9 Å². The van der Waals surface area contributed by atoms with Crippen LogP contribution in [0.3, 0.4) is 0 Å². The van der Waals surface area contributed by atoms with Gasteiger partial charge in [0.25, 0.3) is 11.8 Å². The summed E-state index contributed by atoms with van der Waals surface area (Å²) in [6.07, 6.45) is 3.76. The highest BCUT2D eigenvalue weighted by Gasteiger charge is 2.21. The van der Waals surface area contributed by atoms with Crippen LogP contribution in [0.1, 0.15) is 38.5 Å². The Kier molecular flexibility index (Phi) is 9.07. The predicted octanol–water partition coefficient (Wildman–Crippen LogP) is 5.14. The summed E-state index contributed by atoms with van der Waals surface area (Å²) in [5.41, 5.74) is 2.75. The highest BCUT2D eigenvalue weighted by Crippen LogP contribution is 2.32. The van der Waals surface area contributed by atoms with Gasteiger partial charge in [-0.15, -0.1) is 9.82 Å². The van der Waals surface area contributed by atoms with Gasteiger partial charge in [0.2, 0.25) is 0 Å². The van der Waals surface area contributed by atoms with Gasteiger partial charge in [-0.25, -0.2) is 0 Å². The van der Waals surface area contributed by atoms with E-state index in [9.17, 15) is 14.7 Å². The summed E-state index contributed by atoms with van der Waals surface area (Å²) >= 11 is 3.48. The topological polar surface area (TPSA) is 109 Å². The zero-order chi connectivity index (χ0) is 27.8. The summed E-state index contributed by atoms with van der Waals surface area (Å²) in [6.45, 7) is 1.83. The molecule has 0 fully saturated rings. The fourth-order valence-corrected chi connectivity index (χ4v) is 7.57. The fraction of sp³-hybridized carbons (Fsp3) is 0.172. The molecule has 0 aliphatic carbocycles. The molecule has 0 spiro atoms. The van der Waals surface area contributed by atoms with Gasteiger partial charge < -0.3 is 10.4 Å². The largest absolute Gasteiger partial charge is 0.507 e. The molecule has 0 aliphatic rings. The van der Waals surface area contributed by atoms with Crippen molar-refractivity contribution in [2.24, 2.45) is 11.4 Å². The number of aromatic hydroxyl groups is 1. The Morgan fingerprint density at radius 2 is 1.95 bits per heavy atom.